The van der Waals surface area contributed by atoms with E-state index in [-0.39, 0.29) is 17.0 Å². The minimum absolute atomic E-state index is 0.199. The lowest BCUT2D eigenvalue weighted by atomic mass is 9.75. The van der Waals surface area contributed by atoms with Gasteiger partial charge in [-0.3, -0.25) is 4.79 Å². The van der Waals surface area contributed by atoms with Crippen LogP contribution < -0.4 is 10.6 Å². The average Bonchev–Trinajstić information content (AvgIpc) is 2.68. The highest BCUT2D eigenvalue weighted by atomic mass is 16.1. The van der Waals surface area contributed by atoms with Crippen LogP contribution in [0.1, 0.15) is 157 Å². The molecule has 3 heteroatoms. The Morgan fingerprint density at radius 2 is 1.12 bits per heavy atom. The molecule has 0 radical (unpaired) electrons. The van der Waals surface area contributed by atoms with Crippen molar-refractivity contribution in [1.82, 2.24) is 10.6 Å². The van der Waals surface area contributed by atoms with Crippen LogP contribution in [0.3, 0.4) is 0 Å². The molecular formula is C29H58N2O. The molecule has 0 saturated carbocycles. The van der Waals surface area contributed by atoms with E-state index in [1.807, 2.05) is 0 Å². The summed E-state index contributed by atoms with van der Waals surface area (Å²) in [7, 11) is 0. The van der Waals surface area contributed by atoms with Gasteiger partial charge >= 0.3 is 0 Å². The van der Waals surface area contributed by atoms with Crippen LogP contribution in [0.4, 0.5) is 0 Å². The number of piperidine rings is 1. The summed E-state index contributed by atoms with van der Waals surface area (Å²) in [5, 5.41) is 6.92. The van der Waals surface area contributed by atoms with E-state index in [0.29, 0.717) is 12.3 Å². The van der Waals surface area contributed by atoms with E-state index in [2.05, 4.69) is 45.3 Å². The minimum Gasteiger partial charge on any atom is -0.356 e. The number of carbonyl (C=O) groups is 1. The molecule has 0 atom stereocenters. The Hall–Kier alpha value is -0.570. The molecule has 0 unspecified atom stereocenters. The zero-order chi connectivity index (χ0) is 23.7. The summed E-state index contributed by atoms with van der Waals surface area (Å²) >= 11 is 0. The molecule has 0 aromatic carbocycles. The number of amides is 1. The molecule has 0 bridgehead atoms. The summed E-state index contributed by atoms with van der Waals surface area (Å²) in [5.41, 5.74) is 0.397. The fourth-order valence-corrected chi connectivity index (χ4v) is 5.90. The highest BCUT2D eigenvalue weighted by Crippen LogP contribution is 2.34. The Morgan fingerprint density at radius 3 is 1.56 bits per heavy atom. The fourth-order valence-electron chi connectivity index (χ4n) is 5.90. The van der Waals surface area contributed by atoms with Gasteiger partial charge in [-0.25, -0.2) is 0 Å². The van der Waals surface area contributed by atoms with Crippen molar-refractivity contribution in [3.8, 4) is 0 Å². The molecule has 1 saturated heterocycles. The Morgan fingerprint density at radius 1 is 0.719 bits per heavy atom. The SMILES string of the molecule is CCCCCCCCCCCCCCCCCC(=O)NCCC1CC(C)(C)NC(C)(C)C1. The lowest BCUT2D eigenvalue weighted by Crippen LogP contribution is -2.58. The molecule has 1 aliphatic heterocycles. The van der Waals surface area contributed by atoms with Crippen LogP contribution in [-0.4, -0.2) is 23.5 Å². The molecule has 190 valence electrons. The molecule has 0 aromatic rings. The summed E-state index contributed by atoms with van der Waals surface area (Å²) in [4.78, 5) is 12.1. The van der Waals surface area contributed by atoms with Crippen molar-refractivity contribution in [3.05, 3.63) is 0 Å². The van der Waals surface area contributed by atoms with Crippen LogP contribution in [0.5, 0.6) is 0 Å². The van der Waals surface area contributed by atoms with Crippen molar-refractivity contribution in [2.24, 2.45) is 5.92 Å². The first-order valence-electron chi connectivity index (χ1n) is 14.3. The number of carbonyl (C=O) groups excluding carboxylic acids is 1. The molecule has 0 aliphatic carbocycles. The van der Waals surface area contributed by atoms with E-state index in [9.17, 15) is 4.79 Å². The van der Waals surface area contributed by atoms with Crippen molar-refractivity contribution in [1.29, 1.82) is 0 Å². The highest BCUT2D eigenvalue weighted by molar-refractivity contribution is 5.75. The van der Waals surface area contributed by atoms with Gasteiger partial charge in [0, 0.05) is 24.0 Å². The number of hydrogen-bond acceptors (Lipinski definition) is 2. The first-order chi connectivity index (χ1) is 15.2. The first-order valence-corrected chi connectivity index (χ1v) is 14.3. The second-order valence-corrected chi connectivity index (χ2v) is 12.0. The molecular weight excluding hydrogens is 392 g/mol. The van der Waals surface area contributed by atoms with Gasteiger partial charge in [-0.1, -0.05) is 96.8 Å². The van der Waals surface area contributed by atoms with Crippen LogP contribution in [0.15, 0.2) is 0 Å². The Balaban J connectivity index is 1.87. The van der Waals surface area contributed by atoms with Crippen molar-refractivity contribution >= 4 is 5.91 Å². The minimum atomic E-state index is 0.199. The van der Waals surface area contributed by atoms with Crippen molar-refractivity contribution in [3.63, 3.8) is 0 Å². The van der Waals surface area contributed by atoms with E-state index in [0.717, 1.165) is 19.4 Å². The summed E-state index contributed by atoms with van der Waals surface area (Å²) < 4.78 is 0. The summed E-state index contributed by atoms with van der Waals surface area (Å²) in [6, 6.07) is 0. The zero-order valence-electron chi connectivity index (χ0n) is 22.6. The number of nitrogens with one attached hydrogen (secondary N) is 2. The Labute approximate surface area is 201 Å². The van der Waals surface area contributed by atoms with Gasteiger partial charge in [0.15, 0.2) is 0 Å². The van der Waals surface area contributed by atoms with E-state index in [4.69, 9.17) is 0 Å². The van der Waals surface area contributed by atoms with Gasteiger partial charge in [-0.05, 0) is 59.3 Å². The summed E-state index contributed by atoms with van der Waals surface area (Å²) in [5.74, 6) is 0.958. The third-order valence-electron chi connectivity index (χ3n) is 7.16. The Bertz CT molecular complexity index is 456. The van der Waals surface area contributed by atoms with Gasteiger partial charge in [0.25, 0.3) is 0 Å². The maximum atomic E-state index is 12.1. The molecule has 0 aromatic heterocycles. The van der Waals surface area contributed by atoms with Crippen LogP contribution in [-0.2, 0) is 4.79 Å². The first kappa shape index (κ1) is 29.5. The van der Waals surface area contributed by atoms with Gasteiger partial charge in [-0.2, -0.15) is 0 Å². The molecule has 32 heavy (non-hydrogen) atoms. The van der Waals surface area contributed by atoms with E-state index in [1.165, 1.54) is 103 Å². The molecule has 2 N–H and O–H groups in total. The molecule has 3 nitrogen and oxygen atoms in total. The summed E-state index contributed by atoms with van der Waals surface area (Å²) in [6.07, 6.45) is 24.7. The van der Waals surface area contributed by atoms with Gasteiger partial charge in [0.05, 0.1) is 0 Å². The Kier molecular flexibility index (Phi) is 15.6. The number of unbranched alkanes of at least 4 members (excludes halogenated alkanes) is 14. The van der Waals surface area contributed by atoms with Crippen molar-refractivity contribution in [2.75, 3.05) is 6.54 Å². The number of hydrogen-bond donors (Lipinski definition) is 2. The predicted molar refractivity (Wildman–Crippen MR) is 141 cm³/mol. The largest absolute Gasteiger partial charge is 0.356 e. The predicted octanol–water partition coefficient (Wildman–Crippen LogP) is 8.31. The number of rotatable bonds is 19. The molecule has 1 aliphatic rings. The third kappa shape index (κ3) is 16.1. The highest BCUT2D eigenvalue weighted by Gasteiger charge is 2.37. The fraction of sp³-hybridized carbons (Fsp3) is 0.966. The van der Waals surface area contributed by atoms with Gasteiger partial charge in [0.1, 0.15) is 0 Å². The maximum Gasteiger partial charge on any atom is 0.219 e. The quantitative estimate of drug-likeness (QED) is 0.194. The van der Waals surface area contributed by atoms with Crippen LogP contribution in [0, 0.1) is 5.92 Å². The van der Waals surface area contributed by atoms with Gasteiger partial charge in [0.2, 0.25) is 5.91 Å². The smallest absolute Gasteiger partial charge is 0.219 e. The maximum absolute atomic E-state index is 12.1. The standard InChI is InChI=1S/C29H58N2O/c1-6-7-8-9-10-11-12-13-14-15-16-17-18-19-20-21-27(32)30-23-22-26-24-28(2,3)31-29(4,5)25-26/h26,31H,6-25H2,1-5H3,(H,30,32). The molecule has 1 rings (SSSR count). The molecule has 1 fully saturated rings. The van der Waals surface area contributed by atoms with Crippen molar-refractivity contribution in [2.45, 2.75) is 168 Å². The van der Waals surface area contributed by atoms with E-state index >= 15 is 0 Å². The normalized spacial score (nSPS) is 18.0. The second kappa shape index (κ2) is 17.0. The second-order valence-electron chi connectivity index (χ2n) is 12.0. The average molecular weight is 451 g/mol. The lowest BCUT2D eigenvalue weighted by Gasteiger charge is -2.46. The van der Waals surface area contributed by atoms with E-state index < -0.39 is 0 Å². The van der Waals surface area contributed by atoms with Gasteiger partial charge < -0.3 is 10.6 Å². The summed E-state index contributed by atoms with van der Waals surface area (Å²) in [6.45, 7) is 12.3. The monoisotopic (exact) mass is 450 g/mol. The van der Waals surface area contributed by atoms with Crippen LogP contribution >= 0.6 is 0 Å². The zero-order valence-corrected chi connectivity index (χ0v) is 22.6. The third-order valence-corrected chi connectivity index (χ3v) is 7.16. The van der Waals surface area contributed by atoms with Gasteiger partial charge in [-0.15, -0.1) is 0 Å². The van der Waals surface area contributed by atoms with Crippen LogP contribution in [0.2, 0.25) is 0 Å². The van der Waals surface area contributed by atoms with Crippen LogP contribution in [0.25, 0.3) is 0 Å². The lowest BCUT2D eigenvalue weighted by molar-refractivity contribution is -0.121. The molecule has 1 amide bonds. The molecule has 1 heterocycles. The topological polar surface area (TPSA) is 41.1 Å². The van der Waals surface area contributed by atoms with E-state index in [1.54, 1.807) is 0 Å². The van der Waals surface area contributed by atoms with Crippen molar-refractivity contribution < 1.29 is 4.79 Å². The molecule has 0 spiro atoms.